The van der Waals surface area contributed by atoms with Crippen molar-refractivity contribution < 1.29 is 9.53 Å². The third-order valence-corrected chi connectivity index (χ3v) is 3.34. The molecule has 2 aromatic rings. The highest BCUT2D eigenvalue weighted by Crippen LogP contribution is 2.29. The Morgan fingerprint density at radius 2 is 1.76 bits per heavy atom. The van der Waals surface area contributed by atoms with E-state index in [-0.39, 0.29) is 5.97 Å². The first-order valence-electron chi connectivity index (χ1n) is 5.35. The number of aryl methyl sites for hydroxylation is 2. The van der Waals surface area contributed by atoms with Gasteiger partial charge in [-0.25, -0.2) is 4.79 Å². The summed E-state index contributed by atoms with van der Waals surface area (Å²) >= 11 is 1.52. The number of carbonyl (C=O) groups excluding carboxylic acids is 1. The number of esters is 1. The van der Waals surface area contributed by atoms with Gasteiger partial charge in [0.05, 0.1) is 12.7 Å². The van der Waals surface area contributed by atoms with E-state index in [1.807, 2.05) is 10.8 Å². The quantitative estimate of drug-likeness (QED) is 0.753. The maximum absolute atomic E-state index is 11.6. The van der Waals surface area contributed by atoms with E-state index >= 15 is 0 Å². The van der Waals surface area contributed by atoms with Crippen LogP contribution in [0.5, 0.6) is 0 Å². The van der Waals surface area contributed by atoms with Crippen LogP contribution in [0.3, 0.4) is 0 Å². The molecule has 3 heteroatoms. The van der Waals surface area contributed by atoms with Crippen LogP contribution >= 0.6 is 11.3 Å². The summed E-state index contributed by atoms with van der Waals surface area (Å²) in [5.41, 5.74) is 5.06. The summed E-state index contributed by atoms with van der Waals surface area (Å²) in [6, 6.07) is 6.29. The minimum absolute atomic E-state index is 0.277. The van der Waals surface area contributed by atoms with Crippen molar-refractivity contribution in [1.82, 2.24) is 0 Å². The summed E-state index contributed by atoms with van der Waals surface area (Å²) in [7, 11) is 1.41. The van der Waals surface area contributed by atoms with Crippen molar-refractivity contribution >= 4 is 17.3 Å². The lowest BCUT2D eigenvalue weighted by Gasteiger charge is -2.05. The predicted octanol–water partition coefficient (Wildman–Crippen LogP) is 3.82. The van der Waals surface area contributed by atoms with Crippen LogP contribution in [0.2, 0.25) is 0 Å². The van der Waals surface area contributed by atoms with Crippen molar-refractivity contribution in [2.75, 3.05) is 7.11 Å². The van der Waals surface area contributed by atoms with E-state index in [4.69, 9.17) is 4.74 Å². The van der Waals surface area contributed by atoms with Gasteiger partial charge in [-0.2, -0.15) is 11.3 Å². The smallest absolute Gasteiger partial charge is 0.339 e. The molecule has 1 heterocycles. The van der Waals surface area contributed by atoms with E-state index in [2.05, 4.69) is 32.0 Å². The Hall–Kier alpha value is -1.61. The highest BCUT2D eigenvalue weighted by atomic mass is 32.1. The zero-order valence-electron chi connectivity index (χ0n) is 10.1. The van der Waals surface area contributed by atoms with Crippen LogP contribution in [-0.4, -0.2) is 13.1 Å². The fourth-order valence-corrected chi connectivity index (χ4v) is 2.75. The van der Waals surface area contributed by atoms with E-state index in [0.717, 1.165) is 11.1 Å². The van der Waals surface area contributed by atoms with Crippen LogP contribution in [0.25, 0.3) is 11.1 Å². The number of methoxy groups -OCH3 is 1. The Bertz CT molecular complexity index is 535. The normalized spacial score (nSPS) is 10.3. The second kappa shape index (κ2) is 4.72. The zero-order valence-corrected chi connectivity index (χ0v) is 10.9. The van der Waals surface area contributed by atoms with Crippen LogP contribution < -0.4 is 0 Å². The standard InChI is InChI=1S/C14H14O2S/c1-9-4-10(2)6-11(5-9)12-7-17-8-13(12)14(15)16-3/h4-8H,1-3H3. The Morgan fingerprint density at radius 1 is 1.12 bits per heavy atom. The molecule has 2 rings (SSSR count). The SMILES string of the molecule is COC(=O)c1cscc1-c1cc(C)cc(C)c1. The van der Waals surface area contributed by atoms with Gasteiger partial charge in [-0.1, -0.05) is 29.3 Å². The largest absolute Gasteiger partial charge is 0.465 e. The van der Waals surface area contributed by atoms with Crippen LogP contribution in [0.4, 0.5) is 0 Å². The molecular weight excluding hydrogens is 232 g/mol. The van der Waals surface area contributed by atoms with Crippen molar-refractivity contribution in [3.63, 3.8) is 0 Å². The van der Waals surface area contributed by atoms with E-state index in [0.29, 0.717) is 5.56 Å². The molecule has 0 spiro atoms. The summed E-state index contributed by atoms with van der Waals surface area (Å²) in [4.78, 5) is 11.6. The molecule has 0 aliphatic rings. The summed E-state index contributed by atoms with van der Waals surface area (Å²) < 4.78 is 4.78. The summed E-state index contributed by atoms with van der Waals surface area (Å²) in [6.45, 7) is 4.11. The third kappa shape index (κ3) is 2.39. The van der Waals surface area contributed by atoms with Gasteiger partial charge < -0.3 is 4.74 Å². The molecule has 0 fully saturated rings. The summed E-state index contributed by atoms with van der Waals surface area (Å²) in [5.74, 6) is -0.277. The van der Waals surface area contributed by atoms with Gasteiger partial charge in [0.15, 0.2) is 0 Å². The van der Waals surface area contributed by atoms with Gasteiger partial charge in [-0.3, -0.25) is 0 Å². The molecular formula is C14H14O2S. The van der Waals surface area contributed by atoms with Crippen LogP contribution in [0.15, 0.2) is 29.0 Å². The van der Waals surface area contributed by atoms with E-state index < -0.39 is 0 Å². The maximum atomic E-state index is 11.6. The molecule has 17 heavy (non-hydrogen) atoms. The Kier molecular flexibility index (Phi) is 3.29. The lowest BCUT2D eigenvalue weighted by Crippen LogP contribution is -2.01. The second-order valence-electron chi connectivity index (χ2n) is 4.07. The molecule has 0 N–H and O–H groups in total. The molecule has 0 bridgehead atoms. The highest BCUT2D eigenvalue weighted by Gasteiger charge is 2.14. The van der Waals surface area contributed by atoms with Crippen molar-refractivity contribution in [2.45, 2.75) is 13.8 Å². The lowest BCUT2D eigenvalue weighted by molar-refractivity contribution is 0.0602. The fraction of sp³-hybridized carbons (Fsp3) is 0.214. The monoisotopic (exact) mass is 246 g/mol. The van der Waals surface area contributed by atoms with E-state index in [1.54, 1.807) is 0 Å². The molecule has 0 aliphatic heterocycles. The molecule has 0 unspecified atom stereocenters. The third-order valence-electron chi connectivity index (χ3n) is 2.60. The molecule has 0 radical (unpaired) electrons. The Morgan fingerprint density at radius 3 is 2.35 bits per heavy atom. The fourth-order valence-electron chi connectivity index (χ4n) is 1.92. The minimum atomic E-state index is -0.277. The van der Waals surface area contributed by atoms with Gasteiger partial charge >= 0.3 is 5.97 Å². The first-order chi connectivity index (χ1) is 8.11. The number of carbonyl (C=O) groups is 1. The van der Waals surface area contributed by atoms with Gasteiger partial charge in [0.25, 0.3) is 0 Å². The van der Waals surface area contributed by atoms with Crippen molar-refractivity contribution in [3.8, 4) is 11.1 Å². The van der Waals surface area contributed by atoms with Crippen molar-refractivity contribution in [1.29, 1.82) is 0 Å². The number of thiophene rings is 1. The number of ether oxygens (including phenoxy) is 1. The van der Waals surface area contributed by atoms with Crippen LogP contribution in [-0.2, 0) is 4.74 Å². The van der Waals surface area contributed by atoms with Gasteiger partial charge in [-0.15, -0.1) is 0 Å². The summed E-state index contributed by atoms with van der Waals surface area (Å²) in [5, 5.41) is 3.82. The number of rotatable bonds is 2. The lowest BCUT2D eigenvalue weighted by atomic mass is 10.0. The van der Waals surface area contributed by atoms with Crippen molar-refractivity contribution in [3.05, 3.63) is 45.6 Å². The molecule has 1 aromatic heterocycles. The first-order valence-corrected chi connectivity index (χ1v) is 6.29. The predicted molar refractivity (Wildman–Crippen MR) is 70.6 cm³/mol. The average molecular weight is 246 g/mol. The molecule has 0 saturated carbocycles. The molecule has 0 amide bonds. The Labute approximate surface area is 105 Å². The van der Waals surface area contributed by atoms with Crippen LogP contribution in [0.1, 0.15) is 21.5 Å². The van der Waals surface area contributed by atoms with Crippen LogP contribution in [0, 0.1) is 13.8 Å². The first kappa shape index (κ1) is 11.9. The van der Waals surface area contributed by atoms with Gasteiger partial charge in [0.2, 0.25) is 0 Å². The Balaban J connectivity index is 2.53. The van der Waals surface area contributed by atoms with E-state index in [9.17, 15) is 4.79 Å². The molecule has 2 nitrogen and oxygen atoms in total. The van der Waals surface area contributed by atoms with Gasteiger partial charge in [-0.05, 0) is 24.8 Å². The number of hydrogen-bond donors (Lipinski definition) is 0. The highest BCUT2D eigenvalue weighted by molar-refractivity contribution is 7.08. The molecule has 0 aliphatic carbocycles. The maximum Gasteiger partial charge on any atom is 0.339 e. The van der Waals surface area contributed by atoms with Crippen molar-refractivity contribution in [2.24, 2.45) is 0 Å². The topological polar surface area (TPSA) is 26.3 Å². The second-order valence-corrected chi connectivity index (χ2v) is 4.81. The zero-order chi connectivity index (χ0) is 12.4. The van der Waals surface area contributed by atoms with E-state index in [1.165, 1.54) is 29.6 Å². The summed E-state index contributed by atoms with van der Waals surface area (Å²) in [6.07, 6.45) is 0. The van der Waals surface area contributed by atoms with Gasteiger partial charge in [0, 0.05) is 10.9 Å². The number of benzene rings is 1. The molecule has 0 atom stereocenters. The molecule has 0 saturated heterocycles. The molecule has 88 valence electrons. The molecule has 1 aromatic carbocycles. The minimum Gasteiger partial charge on any atom is -0.465 e. The van der Waals surface area contributed by atoms with Gasteiger partial charge in [0.1, 0.15) is 0 Å². The number of hydrogen-bond acceptors (Lipinski definition) is 3. The average Bonchev–Trinajstić information content (AvgIpc) is 2.75.